The summed E-state index contributed by atoms with van der Waals surface area (Å²) in [6, 6.07) is 5.81. The Morgan fingerprint density at radius 3 is 1.95 bits per heavy atom. The summed E-state index contributed by atoms with van der Waals surface area (Å²) in [5.41, 5.74) is -5.31. The molecule has 3 aliphatic carbocycles. The highest BCUT2D eigenvalue weighted by Crippen LogP contribution is 2.58. The van der Waals surface area contributed by atoms with Crippen LogP contribution in [-0.2, 0) is 0 Å². The van der Waals surface area contributed by atoms with Gasteiger partial charge in [-0.1, -0.05) is 91.9 Å². The van der Waals surface area contributed by atoms with Crippen molar-refractivity contribution in [3.05, 3.63) is 108 Å². The first-order valence-electron chi connectivity index (χ1n) is 27.4. The first kappa shape index (κ1) is 10.9. The Labute approximate surface area is 297 Å². The zero-order valence-corrected chi connectivity index (χ0v) is 23.1. The molecule has 5 aromatic carbocycles. The lowest BCUT2D eigenvalue weighted by Crippen LogP contribution is -2.46. The van der Waals surface area contributed by atoms with Crippen LogP contribution in [0.2, 0.25) is 0 Å². The second-order valence-corrected chi connectivity index (χ2v) is 11.0. The summed E-state index contributed by atoms with van der Waals surface area (Å²) in [4.78, 5) is 0.0339. The second-order valence-electron chi connectivity index (χ2n) is 11.0. The molecule has 0 bridgehead atoms. The molecule has 0 radical (unpaired) electrons. The zero-order valence-electron chi connectivity index (χ0n) is 49.1. The van der Waals surface area contributed by atoms with Crippen molar-refractivity contribution in [3.8, 4) is 0 Å². The fourth-order valence-electron chi connectivity index (χ4n) is 6.96. The molecule has 2 heterocycles. The standard InChI is InChI=1S/C42H42N2/c1-2-12-27(13-3-1)43-37-20-10-8-18-34(37)41-39(43)24-25-40-42(41)35-19-9-11-21-38(35)44(40)28-22-23-33-31-16-5-4-14-29(31)30-15-6-7-17-32(30)36(33)26-28/h1-7,12-17,22-23,26,35,37-40,42H,8-11,18-21,24-25H2/i8D2,9D2,10D2,11D2,18D2,19D2,20D2,21D2,24D2,25D2,35D,37D,38D,39D,40D,42D. The Morgan fingerprint density at radius 1 is 0.523 bits per heavy atom. The van der Waals surface area contributed by atoms with Gasteiger partial charge in [0.2, 0.25) is 0 Å². The van der Waals surface area contributed by atoms with E-state index in [0.29, 0.717) is 21.5 Å². The number of rotatable bonds is 2. The number of hydrogen-bond donors (Lipinski definition) is 0. The minimum Gasteiger partial charge on any atom is -0.365 e. The third-order valence-corrected chi connectivity index (χ3v) is 8.75. The van der Waals surface area contributed by atoms with Crippen molar-refractivity contribution in [2.75, 3.05) is 9.80 Å². The summed E-state index contributed by atoms with van der Waals surface area (Å²) < 4.78 is 252. The van der Waals surface area contributed by atoms with Gasteiger partial charge in [0, 0.05) is 59.5 Å². The van der Waals surface area contributed by atoms with Crippen LogP contribution in [0.25, 0.3) is 32.3 Å². The number of hydrogen-bond acceptors (Lipinski definition) is 2. The van der Waals surface area contributed by atoms with Crippen molar-refractivity contribution >= 4 is 43.7 Å². The monoisotopic (exact) mass is 600 g/mol. The first-order chi connectivity index (χ1) is 31.6. The molecule has 6 unspecified atom stereocenters. The molecule has 2 aliphatic heterocycles. The fourth-order valence-corrected chi connectivity index (χ4v) is 6.96. The Balaban J connectivity index is 1.49. The molecule has 2 heteroatoms. The van der Waals surface area contributed by atoms with Crippen LogP contribution < -0.4 is 9.80 Å². The predicted octanol–water partition coefficient (Wildman–Crippen LogP) is 10.4. The molecule has 220 valence electrons. The van der Waals surface area contributed by atoms with Gasteiger partial charge in [-0.25, -0.2) is 0 Å². The smallest absolute Gasteiger partial charge is 0.0578 e. The summed E-state index contributed by atoms with van der Waals surface area (Å²) in [7, 11) is 0. The van der Waals surface area contributed by atoms with E-state index in [9.17, 15) is 24.7 Å². The Morgan fingerprint density at radius 2 is 1.18 bits per heavy atom. The third kappa shape index (κ3) is 3.54. The van der Waals surface area contributed by atoms with Gasteiger partial charge in [0.25, 0.3) is 0 Å². The SMILES string of the molecule is [2H]C1([2H])C2=C3C([2H])(N(c4ccccc4)C2([2H])C([2H])([2H])C([2H])([2H])C1([2H])[2H])C([2H])([2H])C([2H])([2H])C1([2H])N(c2ccc4c5ccccc5c5ccccc5c4c2)C2([2H])C([2H])([2H])C([2H])([2H])C([2H])([2H])C([2H])([2H])C2([2H])C31[2H]. The van der Waals surface area contributed by atoms with E-state index in [2.05, 4.69) is 0 Å². The van der Waals surface area contributed by atoms with Crippen LogP contribution in [0.15, 0.2) is 108 Å². The van der Waals surface area contributed by atoms with Crippen LogP contribution in [0.3, 0.4) is 0 Å². The van der Waals surface area contributed by atoms with E-state index < -0.39 is 122 Å². The second kappa shape index (κ2) is 9.86. The predicted molar refractivity (Wildman–Crippen MR) is 186 cm³/mol. The summed E-state index contributed by atoms with van der Waals surface area (Å²) in [5.74, 6) is -9.36. The van der Waals surface area contributed by atoms with Gasteiger partial charge in [-0.3, -0.25) is 0 Å². The number of fused-ring (bicyclic) bond motifs is 12. The van der Waals surface area contributed by atoms with Gasteiger partial charge < -0.3 is 9.80 Å². The quantitative estimate of drug-likeness (QED) is 0.147. The van der Waals surface area contributed by atoms with E-state index >= 15 is 0 Å². The molecule has 0 aromatic heterocycles. The summed E-state index contributed by atoms with van der Waals surface area (Å²) in [6.45, 7) is 0. The normalized spacial score (nSPS) is 59.8. The molecule has 0 spiro atoms. The highest BCUT2D eigenvalue weighted by atomic mass is 15.3. The molecule has 5 aromatic rings. The Bertz CT molecular complexity index is 3140. The van der Waals surface area contributed by atoms with E-state index in [-0.39, 0.29) is 15.2 Å². The van der Waals surface area contributed by atoms with E-state index in [4.69, 9.17) is 11.0 Å². The van der Waals surface area contributed by atoms with Gasteiger partial charge in [0.15, 0.2) is 0 Å². The number of nitrogens with zero attached hydrogens (tertiary/aromatic N) is 2. The molecule has 5 aliphatic rings. The van der Waals surface area contributed by atoms with Crippen molar-refractivity contribution in [1.82, 2.24) is 0 Å². The molecular weight excluding hydrogens is 532 g/mol. The van der Waals surface area contributed by atoms with Crippen molar-refractivity contribution < 1.29 is 35.6 Å². The molecular formula is C42H42N2. The Kier molecular flexibility index (Phi) is 2.45. The molecule has 10 rings (SSSR count). The lowest BCUT2D eigenvalue weighted by Gasteiger charge is -2.42. The number of anilines is 2. The highest BCUT2D eigenvalue weighted by molar-refractivity contribution is 6.25. The lowest BCUT2D eigenvalue weighted by atomic mass is 9.68. The Hall–Kier alpha value is -3.78. The lowest BCUT2D eigenvalue weighted by molar-refractivity contribution is 0.272. The van der Waals surface area contributed by atoms with E-state index in [1.165, 1.54) is 24.3 Å². The van der Waals surface area contributed by atoms with Gasteiger partial charge >= 0.3 is 0 Å². The van der Waals surface area contributed by atoms with E-state index in [1.807, 2.05) is 6.07 Å². The van der Waals surface area contributed by atoms with Crippen LogP contribution in [0.5, 0.6) is 0 Å². The summed E-state index contributed by atoms with van der Waals surface area (Å²) >= 11 is 0. The van der Waals surface area contributed by atoms with Crippen molar-refractivity contribution in [2.24, 2.45) is 11.8 Å². The van der Waals surface area contributed by atoms with Crippen molar-refractivity contribution in [1.29, 1.82) is 0 Å². The summed E-state index contributed by atoms with van der Waals surface area (Å²) in [5, 5.41) is 2.97. The van der Waals surface area contributed by atoms with E-state index in [1.54, 1.807) is 42.5 Å². The largest absolute Gasteiger partial charge is 0.365 e. The first-order valence-corrected chi connectivity index (χ1v) is 14.4. The van der Waals surface area contributed by atoms with Crippen molar-refractivity contribution in [2.45, 2.75) is 87.8 Å². The van der Waals surface area contributed by atoms with Crippen LogP contribution in [0.4, 0.5) is 11.4 Å². The molecule has 2 nitrogen and oxygen atoms in total. The minimum atomic E-state index is -4.70. The minimum absolute atomic E-state index is 0.0168. The molecule has 0 N–H and O–H groups in total. The van der Waals surface area contributed by atoms with Crippen molar-refractivity contribution in [3.63, 3.8) is 0 Å². The zero-order chi connectivity index (χ0) is 52.2. The maximum Gasteiger partial charge on any atom is 0.0578 e. The molecule has 44 heavy (non-hydrogen) atoms. The molecule has 3 saturated carbocycles. The maximum absolute atomic E-state index is 11.0. The number of para-hydroxylation sites is 1. The van der Waals surface area contributed by atoms with Gasteiger partial charge in [0.1, 0.15) is 0 Å². The average molecular weight is 601 g/mol. The van der Waals surface area contributed by atoms with Crippen LogP contribution in [0, 0.1) is 11.8 Å². The van der Waals surface area contributed by atoms with Gasteiger partial charge in [0.05, 0.1) is 17.5 Å². The molecule has 6 atom stereocenters. The average Bonchev–Trinajstić information content (AvgIpc) is 3.60. The third-order valence-electron chi connectivity index (χ3n) is 8.75. The topological polar surface area (TPSA) is 6.48 Å². The van der Waals surface area contributed by atoms with Gasteiger partial charge in [-0.2, -0.15) is 0 Å². The van der Waals surface area contributed by atoms with Gasteiger partial charge in [-0.15, -0.1) is 0 Å². The molecule has 4 fully saturated rings. The maximum atomic E-state index is 11.0. The fraction of sp³-hybridized carbons (Fsp3) is 0.381. The summed E-state index contributed by atoms with van der Waals surface area (Å²) in [6.07, 6.45) is -43.7. The molecule has 0 amide bonds. The molecule has 1 saturated heterocycles. The highest BCUT2D eigenvalue weighted by Gasteiger charge is 2.57. The van der Waals surface area contributed by atoms with Gasteiger partial charge in [-0.05, 0) is 118 Å². The number of benzene rings is 5. The van der Waals surface area contributed by atoms with E-state index in [0.717, 1.165) is 29.7 Å². The van der Waals surface area contributed by atoms with Crippen LogP contribution >= 0.6 is 0 Å². The van der Waals surface area contributed by atoms with Crippen LogP contribution in [-0.4, -0.2) is 24.1 Å². The van der Waals surface area contributed by atoms with Crippen LogP contribution in [0.1, 0.15) is 99.4 Å².